The molecule has 0 aromatic carbocycles. The van der Waals surface area contributed by atoms with Crippen molar-refractivity contribution < 1.29 is 17.9 Å². The summed E-state index contributed by atoms with van der Waals surface area (Å²) in [5, 5.41) is 5.36. The summed E-state index contributed by atoms with van der Waals surface area (Å²) < 4.78 is 43.3. The van der Waals surface area contributed by atoms with E-state index in [2.05, 4.69) is 25.9 Å². The van der Waals surface area contributed by atoms with Gasteiger partial charge in [0.2, 0.25) is 5.88 Å². The fourth-order valence-electron chi connectivity index (χ4n) is 1.90. The summed E-state index contributed by atoms with van der Waals surface area (Å²) >= 11 is 2.91. The third-order valence-corrected chi connectivity index (χ3v) is 3.70. The van der Waals surface area contributed by atoms with E-state index in [4.69, 9.17) is 4.74 Å². The van der Waals surface area contributed by atoms with Crippen LogP contribution in [0.1, 0.15) is 5.69 Å². The second-order valence-corrected chi connectivity index (χ2v) is 5.11. The molecular formula is C10H14BrF3N4O. The smallest absolute Gasteiger partial charge is 0.436 e. The minimum Gasteiger partial charge on any atom is -0.479 e. The molecule has 0 atom stereocenters. The van der Waals surface area contributed by atoms with Crippen LogP contribution >= 0.6 is 15.9 Å². The Labute approximate surface area is 117 Å². The molecule has 1 aliphatic rings. The summed E-state index contributed by atoms with van der Waals surface area (Å²) in [6.45, 7) is 2.72. The Balaban J connectivity index is 2.35. The van der Waals surface area contributed by atoms with Crippen LogP contribution in [0.3, 0.4) is 0 Å². The molecule has 5 nitrogen and oxygen atoms in total. The van der Waals surface area contributed by atoms with E-state index in [0.29, 0.717) is 13.1 Å². The van der Waals surface area contributed by atoms with Crippen molar-refractivity contribution in [2.45, 2.75) is 6.18 Å². The second-order valence-electron chi connectivity index (χ2n) is 4.32. The van der Waals surface area contributed by atoms with Crippen LogP contribution in [0, 0.1) is 0 Å². The third-order valence-electron chi connectivity index (χ3n) is 2.98. The molecule has 0 saturated carbocycles. The van der Waals surface area contributed by atoms with Gasteiger partial charge in [0.15, 0.2) is 5.69 Å². The van der Waals surface area contributed by atoms with E-state index in [1.807, 2.05) is 7.05 Å². The summed E-state index contributed by atoms with van der Waals surface area (Å²) in [6.07, 6.45) is -4.51. The van der Waals surface area contributed by atoms with Crippen molar-refractivity contribution in [3.05, 3.63) is 10.2 Å². The Morgan fingerprint density at radius 2 is 1.79 bits per heavy atom. The second kappa shape index (κ2) is 5.20. The van der Waals surface area contributed by atoms with Gasteiger partial charge in [-0.15, -0.1) is 9.89 Å². The van der Waals surface area contributed by atoms with Crippen LogP contribution in [-0.4, -0.2) is 55.1 Å². The Bertz CT molecular complexity index is 454. The van der Waals surface area contributed by atoms with Crippen LogP contribution in [0.15, 0.2) is 4.47 Å². The molecule has 19 heavy (non-hydrogen) atoms. The van der Waals surface area contributed by atoms with Gasteiger partial charge in [-0.2, -0.15) is 13.2 Å². The summed E-state index contributed by atoms with van der Waals surface area (Å²) in [6, 6.07) is 0. The van der Waals surface area contributed by atoms with Crippen LogP contribution in [0.4, 0.5) is 13.2 Å². The number of piperazine rings is 1. The molecule has 2 heterocycles. The van der Waals surface area contributed by atoms with Crippen LogP contribution < -0.4 is 9.75 Å². The van der Waals surface area contributed by atoms with Gasteiger partial charge in [-0.3, -0.25) is 5.01 Å². The van der Waals surface area contributed by atoms with Gasteiger partial charge >= 0.3 is 6.18 Å². The van der Waals surface area contributed by atoms with E-state index in [-0.39, 0.29) is 10.4 Å². The third kappa shape index (κ3) is 2.81. The fourth-order valence-corrected chi connectivity index (χ4v) is 2.53. The largest absolute Gasteiger partial charge is 0.479 e. The average Bonchev–Trinajstić information content (AvgIpc) is 2.67. The van der Waals surface area contributed by atoms with Gasteiger partial charge in [0.25, 0.3) is 0 Å². The first kappa shape index (κ1) is 14.4. The van der Waals surface area contributed by atoms with Crippen molar-refractivity contribution in [2.75, 3.05) is 45.3 Å². The highest BCUT2D eigenvalue weighted by Gasteiger charge is 2.40. The predicted molar refractivity (Wildman–Crippen MR) is 66.9 cm³/mol. The molecule has 2 rings (SSSR count). The fraction of sp³-hybridized carbons (Fsp3) is 0.700. The van der Waals surface area contributed by atoms with Gasteiger partial charge in [0.05, 0.1) is 7.11 Å². The number of halogens is 4. The number of nitrogens with zero attached hydrogens (tertiary/aromatic N) is 4. The number of hydrogen-bond acceptors (Lipinski definition) is 4. The SMILES string of the molecule is COc1c(Br)c(C(F)(F)F)nn1N1CCN(C)CC1. The molecule has 0 bridgehead atoms. The van der Waals surface area contributed by atoms with Crippen molar-refractivity contribution in [2.24, 2.45) is 0 Å². The van der Waals surface area contributed by atoms with E-state index in [9.17, 15) is 13.2 Å². The lowest BCUT2D eigenvalue weighted by molar-refractivity contribution is -0.142. The highest BCUT2D eigenvalue weighted by molar-refractivity contribution is 9.10. The maximum atomic E-state index is 12.8. The van der Waals surface area contributed by atoms with Crippen molar-refractivity contribution in [3.8, 4) is 5.88 Å². The van der Waals surface area contributed by atoms with Crippen molar-refractivity contribution in [3.63, 3.8) is 0 Å². The van der Waals surface area contributed by atoms with Gasteiger partial charge in [-0.1, -0.05) is 0 Å². The average molecular weight is 343 g/mol. The van der Waals surface area contributed by atoms with Crippen molar-refractivity contribution in [1.29, 1.82) is 0 Å². The maximum Gasteiger partial charge on any atom is 0.436 e. The Hall–Kier alpha value is -0.960. The minimum absolute atomic E-state index is 0.0666. The van der Waals surface area contributed by atoms with Crippen molar-refractivity contribution >= 4 is 15.9 Å². The monoisotopic (exact) mass is 342 g/mol. The molecule has 0 aliphatic carbocycles. The molecule has 0 radical (unpaired) electrons. The number of rotatable bonds is 2. The van der Waals surface area contributed by atoms with Gasteiger partial charge < -0.3 is 9.64 Å². The molecule has 9 heteroatoms. The summed E-state index contributed by atoms with van der Waals surface area (Å²) in [7, 11) is 3.29. The Morgan fingerprint density at radius 3 is 2.26 bits per heavy atom. The zero-order valence-electron chi connectivity index (χ0n) is 10.5. The highest BCUT2D eigenvalue weighted by Crippen LogP contribution is 2.39. The highest BCUT2D eigenvalue weighted by atomic mass is 79.9. The number of aromatic nitrogens is 2. The molecule has 1 aromatic rings. The van der Waals surface area contributed by atoms with Crippen LogP contribution in [0.5, 0.6) is 5.88 Å². The molecule has 0 amide bonds. The van der Waals surface area contributed by atoms with E-state index in [1.54, 1.807) is 5.01 Å². The standard InChI is InChI=1S/C10H14BrF3N4O/c1-16-3-5-17(6-4-16)18-9(19-2)7(11)8(15-18)10(12,13)14/h3-6H2,1-2H3. The lowest BCUT2D eigenvalue weighted by atomic mass is 10.4. The van der Waals surface area contributed by atoms with Crippen LogP contribution in [0.25, 0.3) is 0 Å². The quantitative estimate of drug-likeness (QED) is 0.816. The van der Waals surface area contributed by atoms with Crippen LogP contribution in [-0.2, 0) is 6.18 Å². The lowest BCUT2D eigenvalue weighted by Gasteiger charge is -2.33. The zero-order valence-corrected chi connectivity index (χ0v) is 12.1. The van der Waals surface area contributed by atoms with Gasteiger partial charge in [-0.25, -0.2) is 0 Å². The predicted octanol–water partition coefficient (Wildman–Crippen LogP) is 1.56. The molecule has 108 valence electrons. The summed E-state index contributed by atoms with van der Waals surface area (Å²) in [5.41, 5.74) is -0.969. The first-order valence-corrected chi connectivity index (χ1v) is 6.47. The first-order valence-electron chi connectivity index (χ1n) is 5.68. The maximum absolute atomic E-state index is 12.8. The van der Waals surface area contributed by atoms with Gasteiger partial charge in [-0.05, 0) is 23.0 Å². The molecule has 1 aromatic heterocycles. The number of alkyl halides is 3. The van der Waals surface area contributed by atoms with E-state index in [1.165, 1.54) is 11.9 Å². The number of ether oxygens (including phenoxy) is 1. The number of likely N-dealkylation sites (N-methyl/N-ethyl adjacent to an activating group) is 1. The van der Waals surface area contributed by atoms with Crippen LogP contribution in [0.2, 0.25) is 0 Å². The first-order chi connectivity index (χ1) is 8.84. The van der Waals surface area contributed by atoms with Gasteiger partial charge in [0, 0.05) is 26.2 Å². The Morgan fingerprint density at radius 1 is 1.21 bits per heavy atom. The molecular weight excluding hydrogens is 329 g/mol. The molecule has 1 aliphatic heterocycles. The molecule has 1 saturated heterocycles. The molecule has 0 N–H and O–H groups in total. The normalized spacial score (nSPS) is 17.9. The molecule has 0 spiro atoms. The van der Waals surface area contributed by atoms with Crippen molar-refractivity contribution in [1.82, 2.24) is 14.8 Å². The summed E-state index contributed by atoms with van der Waals surface area (Å²) in [5.74, 6) is 0.0666. The van der Waals surface area contributed by atoms with E-state index >= 15 is 0 Å². The Kier molecular flexibility index (Phi) is 3.95. The molecule has 1 fully saturated rings. The number of methoxy groups -OCH3 is 1. The number of hydrogen-bond donors (Lipinski definition) is 0. The minimum atomic E-state index is -4.51. The molecule has 0 unspecified atom stereocenters. The lowest BCUT2D eigenvalue weighted by Crippen LogP contribution is -2.50. The zero-order chi connectivity index (χ0) is 14.2. The summed E-state index contributed by atoms with van der Waals surface area (Å²) in [4.78, 5) is 3.30. The van der Waals surface area contributed by atoms with E-state index in [0.717, 1.165) is 13.1 Å². The topological polar surface area (TPSA) is 33.5 Å². The van der Waals surface area contributed by atoms with Gasteiger partial charge in [0.1, 0.15) is 4.47 Å². The van der Waals surface area contributed by atoms with E-state index < -0.39 is 11.9 Å².